The van der Waals surface area contributed by atoms with E-state index in [1.165, 1.54) is 12.1 Å². The molecule has 0 unspecified atom stereocenters. The summed E-state index contributed by atoms with van der Waals surface area (Å²) in [4.78, 5) is 25.3. The molecular formula is C18H19FN4O4. The van der Waals surface area contributed by atoms with Crippen molar-refractivity contribution in [2.24, 2.45) is 0 Å². The lowest BCUT2D eigenvalue weighted by atomic mass is 9.92. The molecule has 0 bridgehead atoms. The molecule has 9 heteroatoms. The molecule has 1 aromatic heterocycles. The molecule has 27 heavy (non-hydrogen) atoms. The third-order valence-electron chi connectivity index (χ3n) is 5.00. The molecule has 2 aliphatic rings. The first kappa shape index (κ1) is 17.3. The van der Waals surface area contributed by atoms with Crippen molar-refractivity contribution in [2.45, 2.75) is 25.0 Å². The number of carbonyl (C=O) groups is 2. The Hall–Kier alpha value is -3.10. The summed E-state index contributed by atoms with van der Waals surface area (Å²) in [6, 6.07) is 5.87. The van der Waals surface area contributed by atoms with Gasteiger partial charge in [-0.25, -0.2) is 14.0 Å². The van der Waals surface area contributed by atoms with E-state index in [2.05, 4.69) is 15.5 Å². The third kappa shape index (κ3) is 3.57. The van der Waals surface area contributed by atoms with Crippen LogP contribution in [0.4, 0.5) is 14.0 Å². The number of ether oxygens (including phenoxy) is 2. The molecule has 1 aromatic carbocycles. The molecule has 142 valence electrons. The smallest absolute Gasteiger partial charge is 0.430 e. The minimum atomic E-state index is -0.638. The number of hydrogen-bond acceptors (Lipinski definition) is 5. The number of urea groups is 1. The van der Waals surface area contributed by atoms with Crippen molar-refractivity contribution in [3.63, 3.8) is 0 Å². The number of rotatable bonds is 3. The number of amides is 2. The standard InChI is InChI=1S/C18H19FN4O4/c19-14-3-1-12(2-4-14)15-13(10-21-22-15)9-20-16(24)23-7-5-18(6-8-23)11-26-17(25)27-18/h1-4,10H,5-9,11H2,(H,20,24)(H,21,22). The zero-order valence-electron chi connectivity index (χ0n) is 14.5. The fourth-order valence-electron chi connectivity index (χ4n) is 3.38. The predicted molar refractivity (Wildman–Crippen MR) is 92.2 cm³/mol. The lowest BCUT2D eigenvalue weighted by Gasteiger charge is -2.36. The average molecular weight is 374 g/mol. The van der Waals surface area contributed by atoms with Gasteiger partial charge in [-0.05, 0) is 24.3 Å². The third-order valence-corrected chi connectivity index (χ3v) is 5.00. The maximum Gasteiger partial charge on any atom is 0.509 e. The highest BCUT2D eigenvalue weighted by Gasteiger charge is 2.45. The Bertz CT molecular complexity index is 843. The lowest BCUT2D eigenvalue weighted by Crippen LogP contribution is -2.50. The van der Waals surface area contributed by atoms with Crippen molar-refractivity contribution in [3.8, 4) is 11.3 Å². The monoisotopic (exact) mass is 374 g/mol. The zero-order valence-corrected chi connectivity index (χ0v) is 14.5. The number of hydrogen-bond donors (Lipinski definition) is 2. The van der Waals surface area contributed by atoms with Gasteiger partial charge in [0.25, 0.3) is 0 Å². The number of nitrogens with zero attached hydrogens (tertiary/aromatic N) is 2. The largest absolute Gasteiger partial charge is 0.509 e. The van der Waals surface area contributed by atoms with Crippen LogP contribution in [0.2, 0.25) is 0 Å². The maximum absolute atomic E-state index is 13.1. The summed E-state index contributed by atoms with van der Waals surface area (Å²) >= 11 is 0. The van der Waals surface area contributed by atoms with E-state index in [9.17, 15) is 14.0 Å². The number of piperidine rings is 1. The van der Waals surface area contributed by atoms with Gasteiger partial charge >= 0.3 is 12.2 Å². The summed E-state index contributed by atoms with van der Waals surface area (Å²) in [6.45, 7) is 1.51. The molecular weight excluding hydrogens is 355 g/mol. The van der Waals surface area contributed by atoms with Crippen LogP contribution in [0.25, 0.3) is 11.3 Å². The topological polar surface area (TPSA) is 96.5 Å². The van der Waals surface area contributed by atoms with E-state index in [0.29, 0.717) is 32.5 Å². The first-order valence-electron chi connectivity index (χ1n) is 8.71. The Morgan fingerprint density at radius 1 is 1.30 bits per heavy atom. The molecule has 1 spiro atoms. The molecule has 0 atom stereocenters. The van der Waals surface area contributed by atoms with Crippen molar-refractivity contribution in [3.05, 3.63) is 41.8 Å². The van der Waals surface area contributed by atoms with E-state index in [1.807, 2.05) is 0 Å². The number of H-pyrrole nitrogens is 1. The molecule has 0 saturated carbocycles. The second-order valence-corrected chi connectivity index (χ2v) is 6.75. The van der Waals surface area contributed by atoms with Gasteiger partial charge in [0.2, 0.25) is 0 Å². The molecule has 2 fully saturated rings. The van der Waals surface area contributed by atoms with Gasteiger partial charge in [-0.3, -0.25) is 5.10 Å². The Balaban J connectivity index is 1.33. The second-order valence-electron chi connectivity index (χ2n) is 6.75. The maximum atomic E-state index is 13.1. The van der Waals surface area contributed by atoms with Crippen LogP contribution >= 0.6 is 0 Å². The predicted octanol–water partition coefficient (Wildman–Crippen LogP) is 2.43. The normalized spacial score (nSPS) is 18.3. The van der Waals surface area contributed by atoms with Gasteiger partial charge in [-0.1, -0.05) is 0 Å². The SMILES string of the molecule is O=C1OCC2(CCN(C(=O)NCc3cn[nH]c3-c3ccc(F)cc3)CC2)O1. The summed E-state index contributed by atoms with van der Waals surface area (Å²) in [7, 11) is 0. The highest BCUT2D eigenvalue weighted by molar-refractivity contribution is 5.75. The second kappa shape index (κ2) is 6.90. The van der Waals surface area contributed by atoms with Gasteiger partial charge in [0.15, 0.2) is 5.60 Å². The quantitative estimate of drug-likeness (QED) is 0.805. The molecule has 2 aliphatic heterocycles. The number of halogens is 1. The summed E-state index contributed by atoms with van der Waals surface area (Å²) in [6.07, 6.45) is 2.11. The first-order valence-corrected chi connectivity index (χ1v) is 8.71. The van der Waals surface area contributed by atoms with Crippen LogP contribution in [0.1, 0.15) is 18.4 Å². The van der Waals surface area contributed by atoms with Gasteiger partial charge in [-0.15, -0.1) is 0 Å². The number of nitrogens with one attached hydrogen (secondary N) is 2. The molecule has 0 aliphatic carbocycles. The highest BCUT2D eigenvalue weighted by atomic mass is 19.1. The van der Waals surface area contributed by atoms with Crippen LogP contribution in [-0.4, -0.2) is 52.6 Å². The number of likely N-dealkylation sites (tertiary alicyclic amines) is 1. The van der Waals surface area contributed by atoms with Gasteiger partial charge in [0.1, 0.15) is 12.4 Å². The Morgan fingerprint density at radius 2 is 2.04 bits per heavy atom. The van der Waals surface area contributed by atoms with Crippen molar-refractivity contribution < 1.29 is 23.5 Å². The van der Waals surface area contributed by atoms with Crippen molar-refractivity contribution in [2.75, 3.05) is 19.7 Å². The van der Waals surface area contributed by atoms with E-state index < -0.39 is 11.8 Å². The number of aromatic amines is 1. The van der Waals surface area contributed by atoms with Crippen LogP contribution in [0.15, 0.2) is 30.5 Å². The van der Waals surface area contributed by atoms with Gasteiger partial charge in [0.05, 0.1) is 11.9 Å². The van der Waals surface area contributed by atoms with Crippen LogP contribution in [0.3, 0.4) is 0 Å². The van der Waals surface area contributed by atoms with Crippen molar-refractivity contribution in [1.82, 2.24) is 20.4 Å². The first-order chi connectivity index (χ1) is 13.0. The average Bonchev–Trinajstić information content (AvgIpc) is 3.28. The Labute approximate surface area is 154 Å². The van der Waals surface area contributed by atoms with Crippen molar-refractivity contribution >= 4 is 12.2 Å². The molecule has 2 aromatic rings. The molecule has 8 nitrogen and oxygen atoms in total. The van der Waals surface area contributed by atoms with E-state index >= 15 is 0 Å². The van der Waals surface area contributed by atoms with Gasteiger partial charge in [0, 0.05) is 43.6 Å². The molecule has 2 N–H and O–H groups in total. The van der Waals surface area contributed by atoms with Crippen LogP contribution < -0.4 is 5.32 Å². The highest BCUT2D eigenvalue weighted by Crippen LogP contribution is 2.31. The Morgan fingerprint density at radius 3 is 2.70 bits per heavy atom. The minimum absolute atomic E-state index is 0.193. The fraction of sp³-hybridized carbons (Fsp3) is 0.389. The van der Waals surface area contributed by atoms with E-state index in [1.54, 1.807) is 23.2 Å². The molecule has 0 radical (unpaired) electrons. The van der Waals surface area contributed by atoms with Crippen LogP contribution in [0, 0.1) is 5.82 Å². The minimum Gasteiger partial charge on any atom is -0.430 e. The molecule has 3 heterocycles. The van der Waals surface area contributed by atoms with E-state index in [-0.39, 0.29) is 18.5 Å². The summed E-state index contributed by atoms with van der Waals surface area (Å²) < 4.78 is 23.2. The molecule has 2 amide bonds. The lowest BCUT2D eigenvalue weighted by molar-refractivity contribution is 0.00934. The summed E-state index contributed by atoms with van der Waals surface area (Å²) in [5, 5.41) is 9.78. The molecule has 2 saturated heterocycles. The number of cyclic esters (lactones) is 1. The number of benzene rings is 1. The summed E-state index contributed by atoms with van der Waals surface area (Å²) in [5.41, 5.74) is 1.75. The van der Waals surface area contributed by atoms with E-state index in [0.717, 1.165) is 16.8 Å². The van der Waals surface area contributed by atoms with Crippen LogP contribution in [0.5, 0.6) is 0 Å². The number of carbonyl (C=O) groups excluding carboxylic acids is 2. The Kier molecular flexibility index (Phi) is 4.43. The van der Waals surface area contributed by atoms with Crippen LogP contribution in [-0.2, 0) is 16.0 Å². The van der Waals surface area contributed by atoms with E-state index in [4.69, 9.17) is 9.47 Å². The zero-order chi connectivity index (χ0) is 18.9. The van der Waals surface area contributed by atoms with Gasteiger partial charge in [-0.2, -0.15) is 5.10 Å². The molecule has 4 rings (SSSR count). The fourth-order valence-corrected chi connectivity index (χ4v) is 3.38. The van der Waals surface area contributed by atoms with Crippen molar-refractivity contribution in [1.29, 1.82) is 0 Å². The van der Waals surface area contributed by atoms with Gasteiger partial charge < -0.3 is 19.7 Å². The summed E-state index contributed by atoms with van der Waals surface area (Å²) in [5.74, 6) is -0.311. The number of aromatic nitrogens is 2.